The van der Waals surface area contributed by atoms with Gasteiger partial charge in [0, 0.05) is 23.5 Å². The van der Waals surface area contributed by atoms with Crippen LogP contribution in [0.15, 0.2) is 59.5 Å². The minimum absolute atomic E-state index is 0.0384. The number of nitrogens with one attached hydrogen (secondary N) is 2. The smallest absolute Gasteiger partial charge is 0.263 e. The van der Waals surface area contributed by atoms with Crippen LogP contribution in [0.4, 0.5) is 11.5 Å². The number of amides is 1. The molecule has 1 heterocycles. The van der Waals surface area contributed by atoms with Gasteiger partial charge in [0.1, 0.15) is 11.6 Å². The van der Waals surface area contributed by atoms with Gasteiger partial charge < -0.3 is 14.8 Å². The van der Waals surface area contributed by atoms with E-state index in [0.717, 1.165) is 5.56 Å². The summed E-state index contributed by atoms with van der Waals surface area (Å²) in [6.45, 7) is 5.84. The van der Waals surface area contributed by atoms with E-state index in [1.54, 1.807) is 45.2 Å². The summed E-state index contributed by atoms with van der Waals surface area (Å²) in [5.41, 5.74) is 1.87. The second-order valence-electron chi connectivity index (χ2n) is 7.24. The fourth-order valence-corrected chi connectivity index (χ4v) is 4.09. The van der Waals surface area contributed by atoms with Crippen molar-refractivity contribution in [3.8, 4) is 11.5 Å². The summed E-state index contributed by atoms with van der Waals surface area (Å²) in [6, 6.07) is 12.7. The van der Waals surface area contributed by atoms with Crippen LogP contribution in [-0.4, -0.2) is 38.0 Å². The Bertz CT molecular complexity index is 1290. The molecule has 1 amide bonds. The van der Waals surface area contributed by atoms with Gasteiger partial charge in [-0.25, -0.2) is 18.4 Å². The molecule has 0 unspecified atom stereocenters. The molecule has 0 atom stereocenters. The van der Waals surface area contributed by atoms with Gasteiger partial charge in [-0.3, -0.25) is 9.52 Å². The third-order valence-corrected chi connectivity index (χ3v) is 5.92. The number of rotatable bonds is 9. The fraction of sp³-hybridized carbons (Fsp3) is 0.208. The second kappa shape index (κ2) is 10.8. The summed E-state index contributed by atoms with van der Waals surface area (Å²) >= 11 is 0. The second-order valence-corrected chi connectivity index (χ2v) is 8.92. The van der Waals surface area contributed by atoms with Crippen LogP contribution in [0.5, 0.6) is 11.5 Å². The topological polar surface area (TPSA) is 120 Å². The molecule has 0 bridgehead atoms. The van der Waals surface area contributed by atoms with E-state index in [-0.39, 0.29) is 16.6 Å². The Morgan fingerprint density at radius 3 is 2.41 bits per heavy atom. The van der Waals surface area contributed by atoms with Crippen LogP contribution < -0.4 is 19.5 Å². The minimum Gasteiger partial charge on any atom is -0.493 e. The van der Waals surface area contributed by atoms with E-state index in [1.807, 2.05) is 13.0 Å². The molecule has 2 N–H and O–H groups in total. The summed E-state index contributed by atoms with van der Waals surface area (Å²) in [5.74, 6) is 1.49. The van der Waals surface area contributed by atoms with Gasteiger partial charge in [-0.1, -0.05) is 6.07 Å². The van der Waals surface area contributed by atoms with Crippen LogP contribution >= 0.6 is 0 Å². The lowest BCUT2D eigenvalue weighted by Crippen LogP contribution is -2.15. The van der Waals surface area contributed by atoms with E-state index in [2.05, 4.69) is 20.0 Å². The molecule has 1 aromatic heterocycles. The van der Waals surface area contributed by atoms with Gasteiger partial charge >= 0.3 is 0 Å². The number of hydrogen-bond acceptors (Lipinski definition) is 7. The van der Waals surface area contributed by atoms with Gasteiger partial charge in [0.05, 0.1) is 18.6 Å². The molecular weight excluding hydrogens is 456 g/mol. The zero-order valence-corrected chi connectivity index (χ0v) is 20.1. The van der Waals surface area contributed by atoms with E-state index in [9.17, 15) is 13.2 Å². The Kier molecular flexibility index (Phi) is 7.85. The van der Waals surface area contributed by atoms with Crippen molar-refractivity contribution in [1.29, 1.82) is 0 Å². The first kappa shape index (κ1) is 24.7. The molecular formula is C24H26N4O5S. The number of methoxy groups -OCH3 is 1. The van der Waals surface area contributed by atoms with Crippen molar-refractivity contribution < 1.29 is 22.7 Å². The van der Waals surface area contributed by atoms with E-state index in [4.69, 9.17) is 9.47 Å². The summed E-state index contributed by atoms with van der Waals surface area (Å²) in [6.07, 6.45) is 3.02. The minimum atomic E-state index is -3.84. The van der Waals surface area contributed by atoms with Crippen molar-refractivity contribution in [1.82, 2.24) is 9.97 Å². The molecule has 0 fully saturated rings. The first-order valence-corrected chi connectivity index (χ1v) is 11.9. The first-order chi connectivity index (χ1) is 16.2. The van der Waals surface area contributed by atoms with E-state index in [0.29, 0.717) is 35.3 Å². The van der Waals surface area contributed by atoms with Gasteiger partial charge in [0.2, 0.25) is 5.91 Å². The summed E-state index contributed by atoms with van der Waals surface area (Å²) in [5, 5.41) is 2.70. The number of nitrogens with zero attached hydrogens (tertiary/aromatic N) is 2. The average Bonchev–Trinajstić information content (AvgIpc) is 2.78. The Morgan fingerprint density at radius 2 is 1.76 bits per heavy atom. The number of hydrogen-bond donors (Lipinski definition) is 2. The van der Waals surface area contributed by atoms with E-state index in [1.165, 1.54) is 30.3 Å². The number of carbonyl (C=O) groups excluding carboxylic acids is 1. The highest BCUT2D eigenvalue weighted by molar-refractivity contribution is 7.92. The molecule has 178 valence electrons. The number of aryl methyl sites for hydroxylation is 2. The number of ether oxygens (including phenoxy) is 2. The molecule has 0 aliphatic carbocycles. The number of carbonyl (C=O) groups is 1. The molecule has 3 rings (SSSR count). The summed E-state index contributed by atoms with van der Waals surface area (Å²) in [7, 11) is -2.29. The van der Waals surface area contributed by atoms with E-state index >= 15 is 0 Å². The number of anilines is 2. The number of sulfonamides is 1. The molecule has 9 nitrogen and oxygen atoms in total. The highest BCUT2D eigenvalue weighted by Crippen LogP contribution is 2.28. The third-order valence-electron chi connectivity index (χ3n) is 4.55. The monoisotopic (exact) mass is 482 g/mol. The van der Waals surface area contributed by atoms with Crippen LogP contribution in [0.2, 0.25) is 0 Å². The van der Waals surface area contributed by atoms with Crippen molar-refractivity contribution in [2.24, 2.45) is 0 Å². The lowest BCUT2D eigenvalue weighted by Gasteiger charge is -2.10. The van der Waals surface area contributed by atoms with Crippen molar-refractivity contribution in [2.75, 3.05) is 23.8 Å². The van der Waals surface area contributed by atoms with Crippen LogP contribution in [0.1, 0.15) is 24.0 Å². The quantitative estimate of drug-likeness (QED) is 0.443. The molecule has 0 spiro atoms. The Morgan fingerprint density at radius 1 is 1.03 bits per heavy atom. The maximum absolute atomic E-state index is 12.6. The molecule has 0 aliphatic heterocycles. The average molecular weight is 483 g/mol. The van der Waals surface area contributed by atoms with Gasteiger partial charge in [0.25, 0.3) is 10.0 Å². The Balaban J connectivity index is 1.65. The van der Waals surface area contributed by atoms with Crippen molar-refractivity contribution in [3.05, 3.63) is 71.7 Å². The predicted octanol–water partition coefficient (Wildman–Crippen LogP) is 3.95. The van der Waals surface area contributed by atoms with E-state index < -0.39 is 10.0 Å². The summed E-state index contributed by atoms with van der Waals surface area (Å²) in [4.78, 5) is 20.6. The number of aromatic nitrogens is 2. The molecule has 0 aliphatic rings. The van der Waals surface area contributed by atoms with Gasteiger partial charge in [-0.05, 0) is 68.8 Å². The lowest BCUT2D eigenvalue weighted by molar-refractivity contribution is -0.111. The Hall–Kier alpha value is -3.92. The van der Waals surface area contributed by atoms with Crippen LogP contribution in [0, 0.1) is 13.8 Å². The molecule has 10 heteroatoms. The third kappa shape index (κ3) is 6.55. The molecule has 3 aromatic rings. The molecule has 34 heavy (non-hydrogen) atoms. The van der Waals surface area contributed by atoms with Gasteiger partial charge in [-0.2, -0.15) is 0 Å². The number of benzene rings is 2. The Labute approximate surface area is 198 Å². The maximum atomic E-state index is 12.6. The fourth-order valence-electron chi connectivity index (χ4n) is 3.10. The molecule has 0 saturated heterocycles. The van der Waals surface area contributed by atoms with Crippen LogP contribution in [0.25, 0.3) is 6.08 Å². The summed E-state index contributed by atoms with van der Waals surface area (Å²) < 4.78 is 38.5. The highest BCUT2D eigenvalue weighted by Gasteiger charge is 2.15. The molecule has 2 aromatic carbocycles. The standard InChI is InChI=1S/C24H26N4O5S/c1-5-33-21-12-6-18(15-22(21)32-4)7-13-24(29)27-19-8-10-20(11-9-19)34(30,31)28-23-14-16(2)25-17(3)26-23/h6-15H,5H2,1-4H3,(H,27,29)(H,25,26,28)/b13-7-. The van der Waals surface area contributed by atoms with Gasteiger partial charge in [0.15, 0.2) is 11.5 Å². The van der Waals surface area contributed by atoms with Crippen molar-refractivity contribution >= 4 is 33.5 Å². The predicted molar refractivity (Wildman–Crippen MR) is 131 cm³/mol. The van der Waals surface area contributed by atoms with Crippen LogP contribution in [0.3, 0.4) is 0 Å². The maximum Gasteiger partial charge on any atom is 0.263 e. The highest BCUT2D eigenvalue weighted by atomic mass is 32.2. The van der Waals surface area contributed by atoms with Crippen LogP contribution in [-0.2, 0) is 14.8 Å². The zero-order chi connectivity index (χ0) is 24.7. The normalized spacial score (nSPS) is 11.3. The van der Waals surface area contributed by atoms with Crippen molar-refractivity contribution in [2.45, 2.75) is 25.7 Å². The lowest BCUT2D eigenvalue weighted by atomic mass is 10.2. The SMILES string of the molecule is CCOc1ccc(/C=C\C(=O)Nc2ccc(S(=O)(=O)Nc3cc(C)nc(C)n3)cc2)cc1OC. The largest absolute Gasteiger partial charge is 0.493 e. The zero-order valence-electron chi connectivity index (χ0n) is 19.3. The van der Waals surface area contributed by atoms with Crippen molar-refractivity contribution in [3.63, 3.8) is 0 Å². The molecule has 0 radical (unpaired) electrons. The van der Waals surface area contributed by atoms with Gasteiger partial charge in [-0.15, -0.1) is 0 Å². The molecule has 0 saturated carbocycles. The first-order valence-electron chi connectivity index (χ1n) is 10.4.